The number of anilines is 3. The summed E-state index contributed by atoms with van der Waals surface area (Å²) in [5, 5.41) is 0. The molecule has 0 spiro atoms. The molecule has 0 unspecified atom stereocenters. The number of rotatable bonds is 0. The number of hydrogen-bond donors (Lipinski definition) is 3. The molecule has 0 heterocycles. The first-order valence-electron chi connectivity index (χ1n) is 7.82. The molecule has 3 aliphatic rings. The maximum atomic E-state index is 6.35. The fraction of sp³-hybridized carbons (Fsp3) is 0.100. The van der Waals surface area contributed by atoms with Gasteiger partial charge in [-0.1, -0.05) is 24.3 Å². The topological polar surface area (TPSA) is 78.1 Å². The normalized spacial score (nSPS) is 19.8. The number of nitrogen functional groups attached to an aromatic ring is 3. The Morgan fingerprint density at radius 2 is 1.17 bits per heavy atom. The van der Waals surface area contributed by atoms with E-state index in [-0.39, 0.29) is 11.8 Å². The average molecular weight is 299 g/mol. The molecule has 0 saturated heterocycles. The average Bonchev–Trinajstić information content (AvgIpc) is 2.54. The molecule has 0 aliphatic heterocycles. The molecule has 0 saturated carbocycles. The maximum Gasteiger partial charge on any atom is 0.0369 e. The summed E-state index contributed by atoms with van der Waals surface area (Å²) in [6.07, 6.45) is 0. The van der Waals surface area contributed by atoms with E-state index in [0.29, 0.717) is 0 Å². The quantitative estimate of drug-likeness (QED) is 0.383. The Balaban J connectivity index is 1.92. The fourth-order valence-corrected chi connectivity index (χ4v) is 4.38. The van der Waals surface area contributed by atoms with Crippen LogP contribution in [0.5, 0.6) is 0 Å². The monoisotopic (exact) mass is 299 g/mol. The first-order chi connectivity index (χ1) is 11.1. The van der Waals surface area contributed by atoms with Crippen molar-refractivity contribution in [1.82, 2.24) is 0 Å². The summed E-state index contributed by atoms with van der Waals surface area (Å²) in [6, 6.07) is 18.7. The SMILES string of the molecule is Nc1ccc2c(c1)C1c3cc(N)ccc3C2c2c(N)cccc21. The van der Waals surface area contributed by atoms with E-state index in [2.05, 4.69) is 30.3 Å². The molecule has 3 aromatic carbocycles. The molecule has 2 bridgehead atoms. The van der Waals surface area contributed by atoms with Crippen LogP contribution in [-0.2, 0) is 0 Å². The predicted molar refractivity (Wildman–Crippen MR) is 94.5 cm³/mol. The zero-order valence-electron chi connectivity index (χ0n) is 12.6. The van der Waals surface area contributed by atoms with E-state index in [1.54, 1.807) is 0 Å². The lowest BCUT2D eigenvalue weighted by Crippen LogP contribution is -2.28. The van der Waals surface area contributed by atoms with Crippen molar-refractivity contribution in [3.05, 3.63) is 88.0 Å². The molecular weight excluding hydrogens is 282 g/mol. The fourth-order valence-electron chi connectivity index (χ4n) is 4.38. The third kappa shape index (κ3) is 1.49. The third-order valence-electron chi connectivity index (χ3n) is 5.24. The molecular formula is C20H17N3. The smallest absolute Gasteiger partial charge is 0.0369 e. The van der Waals surface area contributed by atoms with Crippen LogP contribution < -0.4 is 17.2 Å². The van der Waals surface area contributed by atoms with E-state index in [0.717, 1.165) is 17.1 Å². The van der Waals surface area contributed by atoms with Gasteiger partial charge in [0.05, 0.1) is 0 Å². The van der Waals surface area contributed by atoms with E-state index in [4.69, 9.17) is 17.2 Å². The highest BCUT2D eigenvalue weighted by Crippen LogP contribution is 2.57. The van der Waals surface area contributed by atoms with E-state index in [1.807, 2.05) is 24.3 Å². The van der Waals surface area contributed by atoms with Crippen LogP contribution in [0.3, 0.4) is 0 Å². The standard InChI is InChI=1S/C20H17N3/c21-10-4-6-12-15(8-10)18-14-2-1-3-17(23)20(14)19(12)13-7-5-11(22)9-16(13)18/h1-9,18-19H,21-23H2. The van der Waals surface area contributed by atoms with Gasteiger partial charge in [0.25, 0.3) is 0 Å². The van der Waals surface area contributed by atoms with Crippen LogP contribution in [0.25, 0.3) is 0 Å². The second-order valence-corrected chi connectivity index (χ2v) is 6.49. The zero-order chi connectivity index (χ0) is 15.7. The van der Waals surface area contributed by atoms with Crippen LogP contribution >= 0.6 is 0 Å². The van der Waals surface area contributed by atoms with Crippen LogP contribution in [0.15, 0.2) is 54.6 Å². The van der Waals surface area contributed by atoms with E-state index in [9.17, 15) is 0 Å². The summed E-state index contributed by atoms with van der Waals surface area (Å²) in [5.41, 5.74) is 28.7. The third-order valence-corrected chi connectivity index (χ3v) is 5.24. The summed E-state index contributed by atoms with van der Waals surface area (Å²) in [4.78, 5) is 0. The molecule has 0 radical (unpaired) electrons. The first kappa shape index (κ1) is 12.6. The van der Waals surface area contributed by atoms with Gasteiger partial charge in [-0.3, -0.25) is 0 Å². The molecule has 3 heteroatoms. The Hall–Kier alpha value is -2.94. The van der Waals surface area contributed by atoms with Crippen molar-refractivity contribution in [3.8, 4) is 0 Å². The van der Waals surface area contributed by atoms with Gasteiger partial charge in [-0.25, -0.2) is 0 Å². The Morgan fingerprint density at radius 3 is 1.78 bits per heavy atom. The van der Waals surface area contributed by atoms with Crippen molar-refractivity contribution in [2.24, 2.45) is 0 Å². The summed E-state index contributed by atoms with van der Waals surface area (Å²) >= 11 is 0. The molecule has 3 nitrogen and oxygen atoms in total. The number of hydrogen-bond acceptors (Lipinski definition) is 3. The van der Waals surface area contributed by atoms with Gasteiger partial charge in [-0.05, 0) is 63.7 Å². The lowest BCUT2D eigenvalue weighted by atomic mass is 9.60. The lowest BCUT2D eigenvalue weighted by molar-refractivity contribution is 0.757. The second kappa shape index (κ2) is 4.07. The minimum Gasteiger partial charge on any atom is -0.399 e. The molecule has 23 heavy (non-hydrogen) atoms. The maximum absolute atomic E-state index is 6.35. The Morgan fingerprint density at radius 1 is 0.565 bits per heavy atom. The Labute approximate surface area is 134 Å². The highest BCUT2D eigenvalue weighted by molar-refractivity contribution is 5.75. The van der Waals surface area contributed by atoms with E-state index < -0.39 is 0 Å². The minimum absolute atomic E-state index is 0.162. The van der Waals surface area contributed by atoms with E-state index >= 15 is 0 Å². The zero-order valence-corrected chi connectivity index (χ0v) is 12.6. The number of benzene rings is 3. The van der Waals surface area contributed by atoms with Gasteiger partial charge >= 0.3 is 0 Å². The molecule has 112 valence electrons. The summed E-state index contributed by atoms with van der Waals surface area (Å²) in [7, 11) is 0. The molecule has 0 fully saturated rings. The molecule has 3 aliphatic carbocycles. The van der Waals surface area contributed by atoms with Crippen LogP contribution in [0.2, 0.25) is 0 Å². The second-order valence-electron chi connectivity index (χ2n) is 6.49. The Bertz CT molecular complexity index is 918. The summed E-state index contributed by atoms with van der Waals surface area (Å²) in [5.74, 6) is 0.331. The largest absolute Gasteiger partial charge is 0.399 e. The van der Waals surface area contributed by atoms with Gasteiger partial charge in [0.15, 0.2) is 0 Å². The van der Waals surface area contributed by atoms with Gasteiger partial charge in [0, 0.05) is 28.9 Å². The first-order valence-corrected chi connectivity index (χ1v) is 7.82. The van der Waals surface area contributed by atoms with Gasteiger partial charge in [0.1, 0.15) is 0 Å². The highest BCUT2D eigenvalue weighted by Gasteiger charge is 2.42. The van der Waals surface area contributed by atoms with Gasteiger partial charge in [-0.2, -0.15) is 0 Å². The highest BCUT2D eigenvalue weighted by atomic mass is 14.6. The minimum atomic E-state index is 0.162. The molecule has 0 amide bonds. The van der Waals surface area contributed by atoms with Crippen LogP contribution in [0.1, 0.15) is 45.2 Å². The lowest BCUT2D eigenvalue weighted by Gasteiger charge is -2.42. The molecule has 6 N–H and O–H groups in total. The number of nitrogens with two attached hydrogens (primary N) is 3. The van der Waals surface area contributed by atoms with Crippen molar-refractivity contribution < 1.29 is 0 Å². The van der Waals surface area contributed by atoms with Gasteiger partial charge in [-0.15, -0.1) is 0 Å². The summed E-state index contributed by atoms with van der Waals surface area (Å²) < 4.78 is 0. The van der Waals surface area contributed by atoms with Crippen molar-refractivity contribution in [2.75, 3.05) is 17.2 Å². The molecule has 0 aromatic heterocycles. The van der Waals surface area contributed by atoms with Crippen LogP contribution in [0.4, 0.5) is 17.1 Å². The van der Waals surface area contributed by atoms with Crippen LogP contribution in [-0.4, -0.2) is 0 Å². The van der Waals surface area contributed by atoms with Gasteiger partial charge in [0.2, 0.25) is 0 Å². The summed E-state index contributed by atoms with van der Waals surface area (Å²) in [6.45, 7) is 0. The Kier molecular flexibility index (Phi) is 2.23. The van der Waals surface area contributed by atoms with Gasteiger partial charge < -0.3 is 17.2 Å². The molecule has 6 rings (SSSR count). The van der Waals surface area contributed by atoms with Crippen molar-refractivity contribution >= 4 is 17.1 Å². The molecule has 0 atom stereocenters. The van der Waals surface area contributed by atoms with Crippen molar-refractivity contribution in [1.29, 1.82) is 0 Å². The van der Waals surface area contributed by atoms with E-state index in [1.165, 1.54) is 33.4 Å². The molecule has 3 aromatic rings. The van der Waals surface area contributed by atoms with Crippen molar-refractivity contribution in [3.63, 3.8) is 0 Å². The van der Waals surface area contributed by atoms with Crippen LogP contribution in [0, 0.1) is 0 Å². The predicted octanol–water partition coefficient (Wildman–Crippen LogP) is 3.42. The van der Waals surface area contributed by atoms with Crippen molar-refractivity contribution in [2.45, 2.75) is 11.8 Å².